The molecule has 18 heavy (non-hydrogen) atoms. The molecule has 6 nitrogen and oxygen atoms in total. The first-order chi connectivity index (χ1) is 8.20. The number of hydrogen-bond donors (Lipinski definition) is 1. The van der Waals surface area contributed by atoms with Crippen molar-refractivity contribution in [2.75, 3.05) is 26.8 Å². The van der Waals surface area contributed by atoms with Gasteiger partial charge in [-0.2, -0.15) is 0 Å². The molecule has 1 fully saturated rings. The van der Waals surface area contributed by atoms with Gasteiger partial charge in [0.2, 0.25) is 0 Å². The topological polar surface area (TPSA) is 76.1 Å². The molecule has 6 heteroatoms. The van der Waals surface area contributed by atoms with Gasteiger partial charge in [0.05, 0.1) is 0 Å². The number of amides is 1. The molecule has 0 aromatic rings. The molecule has 1 heterocycles. The standard InChI is InChI=1S/C12H21NO5/c1-11(2,3)18-10(16)13-7-12(8-13,9(14)15)5-6-17-4/h5-8H2,1-4H3,(H,14,15). The van der Waals surface area contributed by atoms with Gasteiger partial charge in [-0.3, -0.25) is 4.79 Å². The average molecular weight is 259 g/mol. The van der Waals surface area contributed by atoms with Crippen LogP contribution in [0.3, 0.4) is 0 Å². The van der Waals surface area contributed by atoms with Crippen LogP contribution in [0.2, 0.25) is 0 Å². The first kappa shape index (κ1) is 14.8. The van der Waals surface area contributed by atoms with Gasteiger partial charge in [-0.15, -0.1) is 0 Å². The summed E-state index contributed by atoms with van der Waals surface area (Å²) in [6.45, 7) is 6.07. The van der Waals surface area contributed by atoms with E-state index < -0.39 is 23.1 Å². The molecule has 1 amide bonds. The van der Waals surface area contributed by atoms with Gasteiger partial charge >= 0.3 is 12.1 Å². The number of aliphatic carboxylic acids is 1. The minimum absolute atomic E-state index is 0.181. The van der Waals surface area contributed by atoms with Gasteiger partial charge in [0.25, 0.3) is 0 Å². The van der Waals surface area contributed by atoms with Gasteiger partial charge in [-0.1, -0.05) is 0 Å². The van der Waals surface area contributed by atoms with E-state index in [-0.39, 0.29) is 13.1 Å². The lowest BCUT2D eigenvalue weighted by Crippen LogP contribution is -2.63. The van der Waals surface area contributed by atoms with E-state index in [1.54, 1.807) is 20.8 Å². The van der Waals surface area contributed by atoms with Crippen LogP contribution >= 0.6 is 0 Å². The summed E-state index contributed by atoms with van der Waals surface area (Å²) in [5, 5.41) is 9.21. The van der Waals surface area contributed by atoms with Crippen LogP contribution < -0.4 is 0 Å². The van der Waals surface area contributed by atoms with E-state index in [2.05, 4.69) is 0 Å². The first-order valence-corrected chi connectivity index (χ1v) is 5.90. The molecule has 1 saturated heterocycles. The molecule has 1 aliphatic rings. The molecule has 0 atom stereocenters. The highest BCUT2D eigenvalue weighted by molar-refractivity contribution is 5.80. The maximum atomic E-state index is 11.7. The molecule has 0 bridgehead atoms. The third-order valence-corrected chi connectivity index (χ3v) is 2.88. The van der Waals surface area contributed by atoms with Crippen LogP contribution in [-0.4, -0.2) is 54.5 Å². The summed E-state index contributed by atoms with van der Waals surface area (Å²) in [4.78, 5) is 24.3. The molecule has 1 N–H and O–H groups in total. The lowest BCUT2D eigenvalue weighted by Gasteiger charge is -2.46. The number of methoxy groups -OCH3 is 1. The summed E-state index contributed by atoms with van der Waals surface area (Å²) in [5.41, 5.74) is -1.45. The number of likely N-dealkylation sites (tertiary alicyclic amines) is 1. The highest BCUT2D eigenvalue weighted by Gasteiger charge is 2.51. The third kappa shape index (κ3) is 3.35. The molecular formula is C12H21NO5. The van der Waals surface area contributed by atoms with E-state index in [0.717, 1.165) is 0 Å². The third-order valence-electron chi connectivity index (χ3n) is 2.88. The molecule has 0 spiro atoms. The first-order valence-electron chi connectivity index (χ1n) is 5.90. The number of carbonyl (C=O) groups is 2. The van der Waals surface area contributed by atoms with Gasteiger partial charge in [0, 0.05) is 26.8 Å². The Balaban J connectivity index is 2.53. The van der Waals surface area contributed by atoms with Crippen molar-refractivity contribution >= 4 is 12.1 Å². The Hall–Kier alpha value is -1.30. The minimum atomic E-state index is -0.889. The monoisotopic (exact) mass is 259 g/mol. The molecule has 104 valence electrons. The Kier molecular flexibility index (Phi) is 4.21. The van der Waals surface area contributed by atoms with Gasteiger partial charge < -0.3 is 19.5 Å². The van der Waals surface area contributed by atoms with Crippen LogP contribution in [0.25, 0.3) is 0 Å². The van der Waals surface area contributed by atoms with E-state index in [9.17, 15) is 14.7 Å². The molecule has 1 rings (SSSR count). The van der Waals surface area contributed by atoms with E-state index >= 15 is 0 Å². The molecule has 0 aromatic heterocycles. The van der Waals surface area contributed by atoms with Crippen LogP contribution in [0.4, 0.5) is 4.79 Å². The zero-order valence-electron chi connectivity index (χ0n) is 11.4. The second-order valence-electron chi connectivity index (χ2n) is 5.66. The van der Waals surface area contributed by atoms with Crippen LogP contribution in [0.5, 0.6) is 0 Å². The summed E-state index contributed by atoms with van der Waals surface area (Å²) >= 11 is 0. The number of ether oxygens (including phenoxy) is 2. The van der Waals surface area contributed by atoms with Crippen LogP contribution in [-0.2, 0) is 14.3 Å². The fourth-order valence-electron chi connectivity index (χ4n) is 1.84. The Morgan fingerprint density at radius 1 is 1.33 bits per heavy atom. The van der Waals surface area contributed by atoms with E-state index in [1.807, 2.05) is 0 Å². The zero-order chi connectivity index (χ0) is 14.0. The van der Waals surface area contributed by atoms with Gasteiger partial charge in [-0.25, -0.2) is 4.79 Å². The number of carboxylic acid groups (broad SMARTS) is 1. The molecule has 0 aromatic carbocycles. The largest absolute Gasteiger partial charge is 0.481 e. The predicted molar refractivity (Wildman–Crippen MR) is 64.4 cm³/mol. The summed E-state index contributed by atoms with van der Waals surface area (Å²) < 4.78 is 10.1. The van der Waals surface area contributed by atoms with Crippen molar-refractivity contribution in [2.24, 2.45) is 5.41 Å². The van der Waals surface area contributed by atoms with Crippen molar-refractivity contribution in [3.05, 3.63) is 0 Å². The maximum Gasteiger partial charge on any atom is 0.410 e. The van der Waals surface area contributed by atoms with Crippen molar-refractivity contribution in [1.29, 1.82) is 0 Å². The zero-order valence-corrected chi connectivity index (χ0v) is 11.4. The van der Waals surface area contributed by atoms with Gasteiger partial charge in [-0.05, 0) is 27.2 Å². The SMILES string of the molecule is COCCC1(C(=O)O)CN(C(=O)OC(C)(C)C)C1. The van der Waals surface area contributed by atoms with Crippen LogP contribution in [0.1, 0.15) is 27.2 Å². The van der Waals surface area contributed by atoms with E-state index in [1.165, 1.54) is 12.0 Å². The number of nitrogens with zero attached hydrogens (tertiary/aromatic N) is 1. The average Bonchev–Trinajstić information content (AvgIpc) is 2.12. The number of rotatable bonds is 4. The quantitative estimate of drug-likeness (QED) is 0.824. The Morgan fingerprint density at radius 2 is 1.89 bits per heavy atom. The number of carboxylic acids is 1. The van der Waals surface area contributed by atoms with Crippen LogP contribution in [0.15, 0.2) is 0 Å². The van der Waals surface area contributed by atoms with Gasteiger partial charge in [0.1, 0.15) is 11.0 Å². The summed E-state index contributed by atoms with van der Waals surface area (Å²) in [6.07, 6.45) is -0.0604. The van der Waals surface area contributed by atoms with Crippen molar-refractivity contribution in [3.63, 3.8) is 0 Å². The molecule has 0 radical (unpaired) electrons. The lowest BCUT2D eigenvalue weighted by molar-refractivity contribution is -0.161. The van der Waals surface area contributed by atoms with Crippen LogP contribution in [0, 0.1) is 5.41 Å². The van der Waals surface area contributed by atoms with E-state index in [4.69, 9.17) is 9.47 Å². The fraction of sp³-hybridized carbons (Fsp3) is 0.833. The summed E-state index contributed by atoms with van der Waals surface area (Å²) in [5.74, 6) is -0.889. The van der Waals surface area contributed by atoms with Crippen molar-refractivity contribution in [3.8, 4) is 0 Å². The summed E-state index contributed by atoms with van der Waals surface area (Å²) in [6, 6.07) is 0. The smallest absolute Gasteiger partial charge is 0.410 e. The van der Waals surface area contributed by atoms with Gasteiger partial charge in [0.15, 0.2) is 0 Å². The lowest BCUT2D eigenvalue weighted by atomic mass is 9.77. The fourth-order valence-corrected chi connectivity index (χ4v) is 1.84. The Bertz CT molecular complexity index is 328. The molecule has 0 aliphatic carbocycles. The molecule has 0 saturated carbocycles. The minimum Gasteiger partial charge on any atom is -0.481 e. The summed E-state index contributed by atoms with van der Waals surface area (Å²) in [7, 11) is 1.53. The second-order valence-corrected chi connectivity index (χ2v) is 5.66. The normalized spacial score (nSPS) is 18.1. The predicted octanol–water partition coefficient (Wildman–Crippen LogP) is 1.34. The Morgan fingerprint density at radius 3 is 2.28 bits per heavy atom. The second kappa shape index (κ2) is 5.14. The molecule has 0 unspecified atom stereocenters. The number of carbonyl (C=O) groups excluding carboxylic acids is 1. The molecule has 1 aliphatic heterocycles. The van der Waals surface area contributed by atoms with E-state index in [0.29, 0.717) is 13.0 Å². The van der Waals surface area contributed by atoms with Crippen molar-refractivity contribution in [1.82, 2.24) is 4.90 Å². The Labute approximate surface area is 107 Å². The molecular weight excluding hydrogens is 238 g/mol. The number of hydrogen-bond acceptors (Lipinski definition) is 4. The maximum absolute atomic E-state index is 11.7. The highest BCUT2D eigenvalue weighted by Crippen LogP contribution is 2.35. The highest BCUT2D eigenvalue weighted by atomic mass is 16.6. The van der Waals surface area contributed by atoms with Crippen molar-refractivity contribution < 1.29 is 24.2 Å². The van der Waals surface area contributed by atoms with Crippen molar-refractivity contribution in [2.45, 2.75) is 32.8 Å².